The van der Waals surface area contributed by atoms with Gasteiger partial charge in [-0.2, -0.15) is 0 Å². The Labute approximate surface area is 417 Å². The van der Waals surface area contributed by atoms with Gasteiger partial charge >= 0.3 is 18.1 Å². The van der Waals surface area contributed by atoms with Crippen molar-refractivity contribution >= 4 is 18.1 Å². The van der Waals surface area contributed by atoms with Crippen molar-refractivity contribution in [3.8, 4) is 0 Å². The summed E-state index contributed by atoms with van der Waals surface area (Å²) in [5.74, 6) is -0.513. The van der Waals surface area contributed by atoms with Crippen LogP contribution >= 0.6 is 0 Å². The molecule has 1 aliphatic heterocycles. The summed E-state index contributed by atoms with van der Waals surface area (Å²) in [6.45, 7) is 15.9. The summed E-state index contributed by atoms with van der Waals surface area (Å²) in [5, 5.41) is 0. The van der Waals surface area contributed by atoms with Crippen molar-refractivity contribution in [1.82, 2.24) is 4.90 Å². The van der Waals surface area contributed by atoms with Crippen molar-refractivity contribution < 1.29 is 52.3 Å². The number of benzene rings is 1. The molecule has 0 radical (unpaired) electrons. The van der Waals surface area contributed by atoms with Crippen molar-refractivity contribution in [2.45, 2.75) is 202 Å². The third-order valence-electron chi connectivity index (χ3n) is 11.6. The molecule has 0 spiro atoms. The number of piperidine rings is 1. The topological polar surface area (TPSA) is 128 Å². The summed E-state index contributed by atoms with van der Waals surface area (Å²) in [4.78, 5) is 41.4. The van der Waals surface area contributed by atoms with Gasteiger partial charge in [0.1, 0.15) is 19.8 Å². The lowest BCUT2D eigenvalue weighted by atomic mass is 9.99. The zero-order valence-corrected chi connectivity index (χ0v) is 43.6. The minimum atomic E-state index is -0.740. The van der Waals surface area contributed by atoms with E-state index in [1.54, 1.807) is 0 Å². The van der Waals surface area contributed by atoms with E-state index in [0.29, 0.717) is 62.6 Å². The fraction of sp³-hybridized carbons (Fsp3) is 0.702. The number of unbranched alkanes of at least 4 members (excludes halogenated alkanes) is 7. The molecule has 2 unspecified atom stereocenters. The van der Waals surface area contributed by atoms with Crippen molar-refractivity contribution in [2.75, 3.05) is 52.7 Å². The maximum Gasteiger partial charge on any atom is 0.508 e. The molecule has 1 aliphatic rings. The van der Waals surface area contributed by atoms with E-state index in [1.807, 2.05) is 18.2 Å². The number of nitrogens with zero attached hydrogens (tertiary/aromatic N) is 1. The minimum absolute atomic E-state index is 0.0249. The van der Waals surface area contributed by atoms with Crippen LogP contribution in [-0.4, -0.2) is 88.2 Å². The van der Waals surface area contributed by atoms with Crippen molar-refractivity contribution in [1.29, 1.82) is 0 Å². The normalized spacial score (nSPS) is 15.0. The van der Waals surface area contributed by atoms with Crippen LogP contribution in [0.25, 0.3) is 0 Å². The van der Waals surface area contributed by atoms with Gasteiger partial charge in [-0.3, -0.25) is 9.59 Å². The third-order valence-corrected chi connectivity index (χ3v) is 11.6. The molecule has 0 N–H and O–H groups in total. The predicted octanol–water partition coefficient (Wildman–Crippen LogP) is 13.6. The molecular weight excluding hydrogens is 875 g/mol. The molecule has 2 atom stereocenters. The lowest BCUT2D eigenvalue weighted by Crippen LogP contribution is -2.37. The smallest absolute Gasteiger partial charge is 0.461 e. The van der Waals surface area contributed by atoms with Gasteiger partial charge in [-0.15, -0.1) is 0 Å². The summed E-state index contributed by atoms with van der Waals surface area (Å²) < 4.78 is 46.9. The highest BCUT2D eigenvalue weighted by molar-refractivity contribution is 5.69. The van der Waals surface area contributed by atoms with Crippen LogP contribution in [0, 0.1) is 5.92 Å². The van der Waals surface area contributed by atoms with Gasteiger partial charge in [-0.05, 0) is 112 Å². The maximum absolute atomic E-state index is 13.2. The Hall–Kier alpha value is -3.81. The SMILES string of the molecule is CCC/C=C\CCOC(CCC(=O)OCc1cc(COC(=O)CCC(OCC/C=C\CCCC)OCC/C=C\CCCC)cc(COC(=O)OCC2CCCN(CC)C2)c1)OCC/C=C\CCCC. The van der Waals surface area contributed by atoms with E-state index < -0.39 is 30.7 Å². The second-order valence-corrected chi connectivity index (χ2v) is 17.9. The standard InChI is InChI=1S/C57H93NO11/c1-6-11-15-19-23-27-38-63-55(62-37-26-22-18-14-9-4)34-32-53(59)66-46-50-41-51(43-52(42-50)48-69-57(61)68-45-49-31-30-36-58(10-5)44-49)47-67-54(60)33-35-56(64-39-28-24-20-16-12-7-2)65-40-29-25-21-17-13-8-3/h18-25,41-43,49,55-56H,6-17,26-40,44-48H2,1-5H3/b22-18-,23-19-,24-20-,25-21-. The highest BCUT2D eigenvalue weighted by Gasteiger charge is 2.21. The molecule has 2 rings (SSSR count). The molecule has 1 heterocycles. The molecule has 392 valence electrons. The number of allylic oxidation sites excluding steroid dienone is 4. The van der Waals surface area contributed by atoms with Crippen LogP contribution in [0.3, 0.4) is 0 Å². The second kappa shape index (κ2) is 43.0. The highest BCUT2D eigenvalue weighted by atomic mass is 16.7. The summed E-state index contributed by atoms with van der Waals surface area (Å²) in [6.07, 6.45) is 33.8. The summed E-state index contributed by atoms with van der Waals surface area (Å²) >= 11 is 0. The summed E-state index contributed by atoms with van der Waals surface area (Å²) in [5.41, 5.74) is 1.98. The fourth-order valence-corrected chi connectivity index (χ4v) is 7.55. The summed E-state index contributed by atoms with van der Waals surface area (Å²) in [6, 6.07) is 5.47. The first-order valence-electron chi connectivity index (χ1n) is 26.8. The first kappa shape index (κ1) is 61.3. The molecule has 0 aliphatic carbocycles. The molecule has 1 aromatic carbocycles. The Bertz CT molecular complexity index is 1550. The Kier molecular flexibility index (Phi) is 38.2. The number of carbonyl (C=O) groups excluding carboxylic acids is 3. The van der Waals surface area contributed by atoms with Gasteiger partial charge in [-0.25, -0.2) is 4.79 Å². The Morgan fingerprint density at radius 3 is 1.35 bits per heavy atom. The van der Waals surface area contributed by atoms with Crippen LogP contribution in [0.1, 0.15) is 186 Å². The first-order valence-corrected chi connectivity index (χ1v) is 26.8. The molecule has 1 saturated heterocycles. The molecule has 0 bridgehead atoms. The van der Waals surface area contributed by atoms with Crippen LogP contribution in [0.2, 0.25) is 0 Å². The number of hydrogen-bond acceptors (Lipinski definition) is 12. The number of rotatable bonds is 42. The molecule has 12 nitrogen and oxygen atoms in total. The number of ether oxygens (including phenoxy) is 8. The number of likely N-dealkylation sites (tertiary alicyclic amines) is 1. The van der Waals surface area contributed by atoms with Crippen LogP contribution in [0.4, 0.5) is 4.79 Å². The average molecular weight is 968 g/mol. The number of hydrogen-bond donors (Lipinski definition) is 0. The molecule has 0 aromatic heterocycles. The molecule has 0 amide bonds. The molecular formula is C57H93NO11. The number of esters is 2. The Morgan fingerprint density at radius 1 is 0.536 bits per heavy atom. The number of carbonyl (C=O) groups is 3. The largest absolute Gasteiger partial charge is 0.508 e. The molecule has 12 heteroatoms. The third kappa shape index (κ3) is 34.2. The van der Waals surface area contributed by atoms with Gasteiger partial charge in [0.15, 0.2) is 12.6 Å². The Morgan fingerprint density at radius 2 is 0.942 bits per heavy atom. The van der Waals surface area contributed by atoms with Crippen LogP contribution in [0.15, 0.2) is 66.8 Å². The van der Waals surface area contributed by atoms with E-state index in [2.05, 4.69) is 88.1 Å². The zero-order chi connectivity index (χ0) is 49.8. The lowest BCUT2D eigenvalue weighted by molar-refractivity contribution is -0.158. The minimum Gasteiger partial charge on any atom is -0.461 e. The van der Waals surface area contributed by atoms with E-state index >= 15 is 0 Å². The maximum atomic E-state index is 13.2. The highest BCUT2D eigenvalue weighted by Crippen LogP contribution is 2.19. The van der Waals surface area contributed by atoms with Crippen molar-refractivity contribution in [3.63, 3.8) is 0 Å². The molecule has 69 heavy (non-hydrogen) atoms. The predicted molar refractivity (Wildman–Crippen MR) is 275 cm³/mol. The van der Waals surface area contributed by atoms with Crippen molar-refractivity contribution in [3.05, 3.63) is 83.5 Å². The van der Waals surface area contributed by atoms with Gasteiger partial charge in [0, 0.05) is 25.3 Å². The van der Waals surface area contributed by atoms with E-state index in [0.717, 1.165) is 110 Å². The van der Waals surface area contributed by atoms with Crippen LogP contribution < -0.4 is 0 Å². The van der Waals surface area contributed by atoms with Gasteiger partial charge < -0.3 is 42.8 Å². The quantitative estimate of drug-likeness (QED) is 0.0203. The lowest BCUT2D eigenvalue weighted by Gasteiger charge is -2.31. The van der Waals surface area contributed by atoms with Gasteiger partial charge in [0.25, 0.3) is 0 Å². The average Bonchev–Trinajstić information content (AvgIpc) is 3.36. The summed E-state index contributed by atoms with van der Waals surface area (Å²) in [7, 11) is 0. The van der Waals surface area contributed by atoms with E-state index in [9.17, 15) is 14.4 Å². The van der Waals surface area contributed by atoms with Gasteiger partial charge in [-0.1, -0.05) is 128 Å². The molecule has 0 saturated carbocycles. The molecule has 1 aromatic rings. The van der Waals surface area contributed by atoms with E-state index in [-0.39, 0.29) is 38.6 Å². The van der Waals surface area contributed by atoms with Crippen LogP contribution in [-0.2, 0) is 67.3 Å². The van der Waals surface area contributed by atoms with Crippen molar-refractivity contribution in [2.24, 2.45) is 5.92 Å². The van der Waals surface area contributed by atoms with E-state index in [1.165, 1.54) is 19.3 Å². The van der Waals surface area contributed by atoms with Gasteiger partial charge in [0.05, 0.1) is 45.9 Å². The van der Waals surface area contributed by atoms with E-state index in [4.69, 9.17) is 37.9 Å². The fourth-order valence-electron chi connectivity index (χ4n) is 7.55. The Balaban J connectivity index is 2.07. The first-order chi connectivity index (χ1) is 33.8. The monoisotopic (exact) mass is 968 g/mol. The zero-order valence-electron chi connectivity index (χ0n) is 43.6. The second-order valence-electron chi connectivity index (χ2n) is 17.9. The molecule has 1 fully saturated rings. The van der Waals surface area contributed by atoms with Gasteiger partial charge in [0.2, 0.25) is 0 Å². The van der Waals surface area contributed by atoms with Crippen LogP contribution in [0.5, 0.6) is 0 Å².